The molecule has 31 heavy (non-hydrogen) atoms. The first-order chi connectivity index (χ1) is 15.1. The standard InChI is InChI=1S/C24H15BrFN3OS/c25-17-12-10-16(11-13-17)22-15-31-24(29(22)18-6-2-1-3-7-18)19(14-27)23(30)28-21-9-5-4-8-20(21)26/h1-13,15H,(H,28,30). The predicted molar refractivity (Wildman–Crippen MR) is 126 cm³/mol. The molecule has 1 amide bonds. The number of carbonyl (C=O) groups excluding carboxylic acids is 1. The molecule has 1 aliphatic rings. The molecule has 4 nitrogen and oxygen atoms in total. The van der Waals surface area contributed by atoms with Gasteiger partial charge in [-0.05, 0) is 42.0 Å². The van der Waals surface area contributed by atoms with E-state index < -0.39 is 11.7 Å². The third-order valence-corrected chi connectivity index (χ3v) is 6.04. The lowest BCUT2D eigenvalue weighted by atomic mass is 10.1. The summed E-state index contributed by atoms with van der Waals surface area (Å²) in [6, 6.07) is 25.1. The summed E-state index contributed by atoms with van der Waals surface area (Å²) in [6.45, 7) is 0. The van der Waals surface area contributed by atoms with Crippen molar-refractivity contribution in [2.24, 2.45) is 0 Å². The zero-order valence-electron chi connectivity index (χ0n) is 16.0. The average molecular weight is 492 g/mol. The van der Waals surface area contributed by atoms with Crippen molar-refractivity contribution >= 4 is 50.7 Å². The fourth-order valence-corrected chi connectivity index (χ4v) is 4.39. The van der Waals surface area contributed by atoms with Gasteiger partial charge in [0.25, 0.3) is 5.91 Å². The predicted octanol–water partition coefficient (Wildman–Crippen LogP) is 6.51. The summed E-state index contributed by atoms with van der Waals surface area (Å²) in [7, 11) is 0. The maximum atomic E-state index is 14.0. The maximum Gasteiger partial charge on any atom is 0.269 e. The average Bonchev–Trinajstić information content (AvgIpc) is 3.22. The number of anilines is 2. The van der Waals surface area contributed by atoms with Gasteiger partial charge >= 0.3 is 0 Å². The highest BCUT2D eigenvalue weighted by Crippen LogP contribution is 2.44. The number of hydrogen-bond donors (Lipinski definition) is 1. The van der Waals surface area contributed by atoms with Crippen LogP contribution in [-0.4, -0.2) is 5.91 Å². The molecule has 0 unspecified atom stereocenters. The smallest absolute Gasteiger partial charge is 0.269 e. The number of carbonyl (C=O) groups is 1. The van der Waals surface area contributed by atoms with Gasteiger partial charge in [0, 0.05) is 15.6 Å². The number of benzene rings is 3. The first kappa shape index (κ1) is 20.9. The Hall–Kier alpha value is -3.34. The van der Waals surface area contributed by atoms with E-state index >= 15 is 0 Å². The minimum atomic E-state index is -0.665. The molecule has 3 aromatic rings. The molecule has 1 aliphatic heterocycles. The normalized spacial score (nSPS) is 14.6. The summed E-state index contributed by atoms with van der Waals surface area (Å²) in [6.07, 6.45) is 0. The number of rotatable bonds is 4. The molecule has 0 spiro atoms. The highest BCUT2D eigenvalue weighted by atomic mass is 79.9. The molecular weight excluding hydrogens is 477 g/mol. The maximum absolute atomic E-state index is 14.0. The van der Waals surface area contributed by atoms with Crippen molar-refractivity contribution in [1.82, 2.24) is 0 Å². The van der Waals surface area contributed by atoms with Gasteiger partial charge in [-0.1, -0.05) is 70.2 Å². The third kappa shape index (κ3) is 4.41. The molecule has 0 fully saturated rings. The highest BCUT2D eigenvalue weighted by molar-refractivity contribution is 9.10. The summed E-state index contributed by atoms with van der Waals surface area (Å²) < 4.78 is 15.0. The molecule has 0 aliphatic carbocycles. The number of nitriles is 1. The fourth-order valence-electron chi connectivity index (χ4n) is 3.09. The van der Waals surface area contributed by atoms with Crippen LogP contribution in [0.25, 0.3) is 5.70 Å². The van der Waals surface area contributed by atoms with E-state index in [1.807, 2.05) is 71.0 Å². The van der Waals surface area contributed by atoms with Crippen molar-refractivity contribution in [3.8, 4) is 6.07 Å². The summed E-state index contributed by atoms with van der Waals surface area (Å²) >= 11 is 4.73. The van der Waals surface area contributed by atoms with E-state index in [-0.39, 0.29) is 11.3 Å². The summed E-state index contributed by atoms with van der Waals surface area (Å²) in [5.74, 6) is -1.23. The molecule has 3 aromatic carbocycles. The molecule has 1 heterocycles. The Labute approximate surface area is 191 Å². The van der Waals surface area contributed by atoms with Crippen LogP contribution in [-0.2, 0) is 4.79 Å². The molecule has 0 saturated carbocycles. The second-order valence-electron chi connectivity index (χ2n) is 6.52. The van der Waals surface area contributed by atoms with E-state index in [0.717, 1.165) is 21.4 Å². The van der Waals surface area contributed by atoms with Crippen molar-refractivity contribution in [2.75, 3.05) is 10.2 Å². The van der Waals surface area contributed by atoms with E-state index in [1.165, 1.54) is 30.0 Å². The Morgan fingerprint density at radius 1 is 1.00 bits per heavy atom. The van der Waals surface area contributed by atoms with E-state index in [0.29, 0.717) is 5.03 Å². The van der Waals surface area contributed by atoms with Crippen LogP contribution in [0.2, 0.25) is 0 Å². The topological polar surface area (TPSA) is 56.1 Å². The number of nitrogens with one attached hydrogen (secondary N) is 1. The SMILES string of the molecule is N#CC(C(=O)Nc1ccccc1F)=C1SC=C(c2ccc(Br)cc2)N1c1ccccc1. The first-order valence-electron chi connectivity index (χ1n) is 9.26. The summed E-state index contributed by atoms with van der Waals surface area (Å²) in [4.78, 5) is 14.8. The Morgan fingerprint density at radius 2 is 1.68 bits per heavy atom. The van der Waals surface area contributed by atoms with Gasteiger partial charge in [-0.15, -0.1) is 0 Å². The molecule has 7 heteroatoms. The van der Waals surface area contributed by atoms with Gasteiger partial charge in [0.05, 0.1) is 11.4 Å². The molecule has 0 aromatic heterocycles. The van der Waals surface area contributed by atoms with Crippen LogP contribution in [0.3, 0.4) is 0 Å². The van der Waals surface area contributed by atoms with E-state index in [4.69, 9.17) is 0 Å². The molecular formula is C24H15BrFN3OS. The Kier molecular flexibility index (Phi) is 6.21. The van der Waals surface area contributed by atoms with Crippen molar-refractivity contribution in [1.29, 1.82) is 5.26 Å². The van der Waals surface area contributed by atoms with Gasteiger partial charge in [0.1, 0.15) is 22.5 Å². The molecule has 0 atom stereocenters. The van der Waals surface area contributed by atoms with E-state index in [1.54, 1.807) is 6.07 Å². The van der Waals surface area contributed by atoms with Crippen molar-refractivity contribution in [2.45, 2.75) is 0 Å². The minimum absolute atomic E-state index is 0.0243. The molecule has 4 rings (SSSR count). The lowest BCUT2D eigenvalue weighted by Crippen LogP contribution is -2.22. The van der Waals surface area contributed by atoms with Crippen molar-refractivity contribution in [3.63, 3.8) is 0 Å². The zero-order valence-corrected chi connectivity index (χ0v) is 18.5. The lowest BCUT2D eigenvalue weighted by molar-refractivity contribution is -0.112. The molecule has 152 valence electrons. The monoisotopic (exact) mass is 491 g/mol. The second-order valence-corrected chi connectivity index (χ2v) is 8.30. The van der Waals surface area contributed by atoms with Gasteiger partial charge in [-0.3, -0.25) is 4.79 Å². The fraction of sp³-hybridized carbons (Fsp3) is 0. The number of amides is 1. The van der Waals surface area contributed by atoms with E-state index in [2.05, 4.69) is 21.2 Å². The Bertz CT molecular complexity index is 1230. The number of nitrogens with zero attached hydrogens (tertiary/aromatic N) is 2. The zero-order chi connectivity index (χ0) is 21.8. The molecule has 1 N–H and O–H groups in total. The van der Waals surface area contributed by atoms with Gasteiger partial charge in [0.15, 0.2) is 0 Å². The Balaban J connectivity index is 1.77. The number of para-hydroxylation sites is 2. The van der Waals surface area contributed by atoms with Crippen LogP contribution in [0.5, 0.6) is 0 Å². The second kappa shape index (κ2) is 9.21. The first-order valence-corrected chi connectivity index (χ1v) is 10.9. The van der Waals surface area contributed by atoms with Crippen molar-refractivity contribution in [3.05, 3.63) is 111 Å². The quantitative estimate of drug-likeness (QED) is 0.333. The molecule has 0 saturated heterocycles. The van der Waals surface area contributed by atoms with Gasteiger partial charge < -0.3 is 10.2 Å². The number of halogens is 2. The Morgan fingerprint density at radius 3 is 2.35 bits per heavy atom. The van der Waals surface area contributed by atoms with Crippen LogP contribution in [0.1, 0.15) is 5.56 Å². The van der Waals surface area contributed by atoms with Crippen LogP contribution in [0, 0.1) is 17.1 Å². The highest BCUT2D eigenvalue weighted by Gasteiger charge is 2.30. The van der Waals surface area contributed by atoms with Crippen LogP contribution < -0.4 is 10.2 Å². The number of hydrogen-bond acceptors (Lipinski definition) is 4. The van der Waals surface area contributed by atoms with Crippen LogP contribution >= 0.6 is 27.7 Å². The van der Waals surface area contributed by atoms with Crippen LogP contribution in [0.4, 0.5) is 15.8 Å². The largest absolute Gasteiger partial charge is 0.319 e. The third-order valence-electron chi connectivity index (χ3n) is 4.56. The van der Waals surface area contributed by atoms with Gasteiger partial charge in [-0.2, -0.15) is 5.26 Å². The minimum Gasteiger partial charge on any atom is -0.319 e. The number of thioether (sulfide) groups is 1. The van der Waals surface area contributed by atoms with E-state index in [9.17, 15) is 14.4 Å². The van der Waals surface area contributed by atoms with Gasteiger partial charge in [0.2, 0.25) is 0 Å². The molecule has 0 radical (unpaired) electrons. The van der Waals surface area contributed by atoms with Gasteiger partial charge in [-0.25, -0.2) is 4.39 Å². The van der Waals surface area contributed by atoms with Crippen molar-refractivity contribution < 1.29 is 9.18 Å². The summed E-state index contributed by atoms with van der Waals surface area (Å²) in [5, 5.41) is 14.7. The van der Waals surface area contributed by atoms with Crippen LogP contribution in [0.15, 0.2) is 99.3 Å². The lowest BCUT2D eigenvalue weighted by Gasteiger charge is -2.24. The summed E-state index contributed by atoms with van der Waals surface area (Å²) in [5.41, 5.74) is 2.51. The molecule has 0 bridgehead atoms.